The Morgan fingerprint density at radius 2 is 1.68 bits per heavy atom. The van der Waals surface area contributed by atoms with E-state index in [-0.39, 0.29) is 10.8 Å². The SMILES string of the molecule is CCN(CC)CCN(C(=O)c1ccc(S(C)(=O)=O)cc1)c1nc2c(C)cc(C)cc2s1. The number of fused-ring (bicyclic) bond motifs is 1. The summed E-state index contributed by atoms with van der Waals surface area (Å²) in [6.07, 6.45) is 1.16. The molecule has 0 aliphatic rings. The summed E-state index contributed by atoms with van der Waals surface area (Å²) in [5.74, 6) is -0.180. The minimum absolute atomic E-state index is 0.180. The number of nitrogens with zero attached hydrogens (tertiary/aromatic N) is 3. The molecule has 1 amide bonds. The van der Waals surface area contributed by atoms with Crippen LogP contribution in [0.5, 0.6) is 0 Å². The van der Waals surface area contributed by atoms with Gasteiger partial charge in [-0.25, -0.2) is 13.4 Å². The maximum absolute atomic E-state index is 13.4. The average molecular weight is 460 g/mol. The maximum atomic E-state index is 13.4. The van der Waals surface area contributed by atoms with Crippen molar-refractivity contribution in [3.8, 4) is 0 Å². The normalized spacial score (nSPS) is 11.9. The molecule has 2 aromatic carbocycles. The molecule has 1 aromatic heterocycles. The molecular weight excluding hydrogens is 430 g/mol. The second-order valence-corrected chi connectivity index (χ2v) is 10.7. The average Bonchev–Trinajstić information content (AvgIpc) is 3.14. The van der Waals surface area contributed by atoms with E-state index in [0.29, 0.717) is 17.2 Å². The minimum atomic E-state index is -3.31. The lowest BCUT2D eigenvalue weighted by molar-refractivity contribution is 0.0983. The monoisotopic (exact) mass is 459 g/mol. The number of anilines is 1. The number of thiazole rings is 1. The quantitative estimate of drug-likeness (QED) is 0.502. The van der Waals surface area contributed by atoms with Crippen molar-refractivity contribution in [1.29, 1.82) is 0 Å². The summed E-state index contributed by atoms with van der Waals surface area (Å²) in [7, 11) is -3.31. The van der Waals surface area contributed by atoms with Gasteiger partial charge in [-0.3, -0.25) is 9.69 Å². The first-order valence-corrected chi connectivity index (χ1v) is 13.1. The van der Waals surface area contributed by atoms with Gasteiger partial charge in [-0.1, -0.05) is 31.3 Å². The molecule has 0 spiro atoms. The fraction of sp³-hybridized carbons (Fsp3) is 0.391. The third-order valence-corrected chi connectivity index (χ3v) is 7.51. The first-order chi connectivity index (χ1) is 14.6. The molecule has 0 bridgehead atoms. The molecule has 0 saturated carbocycles. The number of amides is 1. The molecule has 6 nitrogen and oxygen atoms in total. The second kappa shape index (κ2) is 9.46. The van der Waals surface area contributed by atoms with Crippen LogP contribution >= 0.6 is 11.3 Å². The highest BCUT2D eigenvalue weighted by molar-refractivity contribution is 7.90. The molecule has 0 N–H and O–H groups in total. The fourth-order valence-electron chi connectivity index (χ4n) is 3.54. The van der Waals surface area contributed by atoms with Crippen molar-refractivity contribution >= 4 is 42.4 Å². The van der Waals surface area contributed by atoms with Crippen molar-refractivity contribution in [2.24, 2.45) is 0 Å². The van der Waals surface area contributed by atoms with Gasteiger partial charge in [0.15, 0.2) is 15.0 Å². The predicted molar refractivity (Wildman–Crippen MR) is 128 cm³/mol. The van der Waals surface area contributed by atoms with Crippen LogP contribution in [0.15, 0.2) is 41.3 Å². The van der Waals surface area contributed by atoms with Crippen LogP contribution in [0.3, 0.4) is 0 Å². The molecule has 3 aromatic rings. The number of likely N-dealkylation sites (N-methyl/N-ethyl adjacent to an activating group) is 1. The summed E-state index contributed by atoms with van der Waals surface area (Å²) >= 11 is 1.51. The zero-order valence-electron chi connectivity index (χ0n) is 18.7. The number of benzene rings is 2. The van der Waals surface area contributed by atoms with E-state index < -0.39 is 9.84 Å². The number of hydrogen-bond donors (Lipinski definition) is 0. The summed E-state index contributed by atoms with van der Waals surface area (Å²) in [4.78, 5) is 22.4. The van der Waals surface area contributed by atoms with Crippen molar-refractivity contribution in [3.05, 3.63) is 53.1 Å². The van der Waals surface area contributed by atoms with Gasteiger partial charge in [-0.05, 0) is 68.4 Å². The number of hydrogen-bond acceptors (Lipinski definition) is 6. The number of rotatable bonds is 8. The van der Waals surface area contributed by atoms with Gasteiger partial charge in [0.2, 0.25) is 0 Å². The van der Waals surface area contributed by atoms with Crippen LogP contribution in [0, 0.1) is 13.8 Å². The van der Waals surface area contributed by atoms with Gasteiger partial charge in [0.05, 0.1) is 15.1 Å². The van der Waals surface area contributed by atoms with Crippen LogP contribution in [0.4, 0.5) is 5.13 Å². The van der Waals surface area contributed by atoms with Crippen molar-refractivity contribution in [1.82, 2.24) is 9.88 Å². The molecule has 0 saturated heterocycles. The fourth-order valence-corrected chi connectivity index (χ4v) is 5.34. The van der Waals surface area contributed by atoms with Gasteiger partial charge < -0.3 is 4.90 Å². The molecule has 1 heterocycles. The summed E-state index contributed by atoms with van der Waals surface area (Å²) < 4.78 is 24.6. The summed E-state index contributed by atoms with van der Waals surface area (Å²) in [5, 5.41) is 0.660. The van der Waals surface area contributed by atoms with Crippen LogP contribution in [-0.4, -0.2) is 56.6 Å². The Labute approximate surface area is 188 Å². The second-order valence-electron chi connectivity index (χ2n) is 7.71. The molecule has 0 fully saturated rings. The number of sulfone groups is 1. The lowest BCUT2D eigenvalue weighted by Crippen LogP contribution is -2.38. The maximum Gasteiger partial charge on any atom is 0.260 e. The van der Waals surface area contributed by atoms with Crippen molar-refractivity contribution in [2.45, 2.75) is 32.6 Å². The topological polar surface area (TPSA) is 70.6 Å². The number of aromatic nitrogens is 1. The number of carbonyl (C=O) groups is 1. The lowest BCUT2D eigenvalue weighted by Gasteiger charge is -2.24. The molecule has 8 heteroatoms. The van der Waals surface area contributed by atoms with Crippen LogP contribution < -0.4 is 4.90 Å². The highest BCUT2D eigenvalue weighted by Crippen LogP contribution is 2.32. The van der Waals surface area contributed by atoms with Gasteiger partial charge in [0.25, 0.3) is 5.91 Å². The summed E-state index contributed by atoms with van der Waals surface area (Å²) in [5.41, 5.74) is 3.61. The smallest absolute Gasteiger partial charge is 0.260 e. The van der Waals surface area contributed by atoms with Gasteiger partial charge in [0, 0.05) is 24.9 Å². The van der Waals surface area contributed by atoms with E-state index >= 15 is 0 Å². The van der Waals surface area contributed by atoms with Gasteiger partial charge in [0.1, 0.15) is 0 Å². The highest BCUT2D eigenvalue weighted by atomic mass is 32.2. The minimum Gasteiger partial charge on any atom is -0.302 e. The Hall–Kier alpha value is -2.29. The van der Waals surface area contributed by atoms with Gasteiger partial charge in [-0.15, -0.1) is 0 Å². The summed E-state index contributed by atoms with van der Waals surface area (Å²) in [6.45, 7) is 11.3. The number of aryl methyl sites for hydroxylation is 2. The largest absolute Gasteiger partial charge is 0.302 e. The van der Waals surface area contributed by atoms with E-state index in [4.69, 9.17) is 4.98 Å². The number of carbonyl (C=O) groups excluding carboxylic acids is 1. The van der Waals surface area contributed by atoms with Gasteiger partial charge >= 0.3 is 0 Å². The lowest BCUT2D eigenvalue weighted by atomic mass is 10.1. The zero-order valence-corrected chi connectivity index (χ0v) is 20.3. The third kappa shape index (κ3) is 5.31. The first kappa shape index (κ1) is 23.4. The Kier molecular flexibility index (Phi) is 7.13. The van der Waals surface area contributed by atoms with Crippen LogP contribution in [0.25, 0.3) is 10.2 Å². The van der Waals surface area contributed by atoms with Gasteiger partial charge in [-0.2, -0.15) is 0 Å². The van der Waals surface area contributed by atoms with Crippen molar-refractivity contribution in [2.75, 3.05) is 37.3 Å². The third-order valence-electron chi connectivity index (χ3n) is 5.36. The van der Waals surface area contributed by atoms with Crippen LogP contribution in [-0.2, 0) is 9.84 Å². The Morgan fingerprint density at radius 3 is 2.26 bits per heavy atom. The van der Waals surface area contributed by atoms with E-state index in [1.807, 2.05) is 6.92 Å². The van der Waals surface area contributed by atoms with E-state index in [1.165, 1.54) is 23.5 Å². The van der Waals surface area contributed by atoms with Crippen molar-refractivity contribution < 1.29 is 13.2 Å². The van der Waals surface area contributed by atoms with E-state index in [2.05, 4.69) is 37.8 Å². The predicted octanol–water partition coefficient (Wildman–Crippen LogP) is 4.31. The van der Waals surface area contributed by atoms with Crippen LogP contribution in [0.1, 0.15) is 35.3 Å². The molecule has 3 rings (SSSR count). The molecule has 0 aliphatic carbocycles. The van der Waals surface area contributed by atoms with E-state index in [1.54, 1.807) is 17.0 Å². The van der Waals surface area contributed by atoms with Crippen LogP contribution in [0.2, 0.25) is 0 Å². The van der Waals surface area contributed by atoms with E-state index in [0.717, 1.165) is 47.2 Å². The van der Waals surface area contributed by atoms with E-state index in [9.17, 15) is 13.2 Å². The standard InChI is InChI=1S/C23H29N3O3S2/c1-6-25(7-2)12-13-26(22(27)18-8-10-19(11-9-18)31(5,28)29)23-24-21-17(4)14-16(3)15-20(21)30-23/h8-11,14-15H,6-7,12-13H2,1-5H3. The van der Waals surface area contributed by atoms with Crippen molar-refractivity contribution in [3.63, 3.8) is 0 Å². The molecule has 31 heavy (non-hydrogen) atoms. The first-order valence-electron chi connectivity index (χ1n) is 10.4. The summed E-state index contributed by atoms with van der Waals surface area (Å²) in [6, 6.07) is 10.3. The molecule has 0 radical (unpaired) electrons. The molecular formula is C23H29N3O3S2. The highest BCUT2D eigenvalue weighted by Gasteiger charge is 2.23. The molecule has 0 unspecified atom stereocenters. The Balaban J connectivity index is 2.00. The molecule has 0 atom stereocenters. The molecule has 0 aliphatic heterocycles. The molecule has 166 valence electrons. The zero-order chi connectivity index (χ0) is 22.8. The Morgan fingerprint density at radius 1 is 1.03 bits per heavy atom. The Bertz CT molecular complexity index is 1180.